The van der Waals surface area contributed by atoms with Gasteiger partial charge in [-0.25, -0.2) is 4.98 Å². The van der Waals surface area contributed by atoms with Crippen LogP contribution in [0.3, 0.4) is 0 Å². The van der Waals surface area contributed by atoms with Gasteiger partial charge in [-0.15, -0.1) is 11.3 Å². The van der Waals surface area contributed by atoms with Crippen LogP contribution >= 0.6 is 34.7 Å². The molecule has 31 heavy (non-hydrogen) atoms. The summed E-state index contributed by atoms with van der Waals surface area (Å²) in [5.74, 6) is 0.410. The molecule has 0 radical (unpaired) electrons. The molecule has 0 saturated carbocycles. The van der Waals surface area contributed by atoms with Crippen molar-refractivity contribution in [2.24, 2.45) is 5.73 Å². The van der Waals surface area contributed by atoms with Gasteiger partial charge in [-0.3, -0.25) is 14.5 Å². The Balaban J connectivity index is 1.40. The van der Waals surface area contributed by atoms with E-state index in [2.05, 4.69) is 15.2 Å². The molecule has 0 aliphatic carbocycles. The topological polar surface area (TPSA) is 107 Å². The summed E-state index contributed by atoms with van der Waals surface area (Å²) in [5, 5.41) is 5.30. The molecular formula is C20H25ClN4O4S2. The van der Waals surface area contributed by atoms with Crippen molar-refractivity contribution in [3.05, 3.63) is 39.9 Å². The summed E-state index contributed by atoms with van der Waals surface area (Å²) in [6.45, 7) is 3.36. The highest BCUT2D eigenvalue weighted by atomic mass is 35.5. The lowest BCUT2D eigenvalue weighted by Gasteiger charge is -2.33. The minimum atomic E-state index is -0.420. The highest BCUT2D eigenvalue weighted by Crippen LogP contribution is 2.26. The maximum absolute atomic E-state index is 12.2. The number of nitrogens with zero attached hydrogens (tertiary/aromatic N) is 2. The number of primary amides is 1. The molecule has 1 aliphatic heterocycles. The summed E-state index contributed by atoms with van der Waals surface area (Å²) < 4.78 is 11.7. The highest BCUT2D eigenvalue weighted by molar-refractivity contribution is 8.01. The van der Waals surface area contributed by atoms with E-state index in [-0.39, 0.29) is 24.2 Å². The fourth-order valence-electron chi connectivity index (χ4n) is 3.13. The Bertz CT molecular complexity index is 911. The third-order valence-electron chi connectivity index (χ3n) is 4.58. The Kier molecular flexibility index (Phi) is 8.97. The van der Waals surface area contributed by atoms with Gasteiger partial charge in [-0.05, 0) is 17.7 Å². The van der Waals surface area contributed by atoms with Crippen molar-refractivity contribution in [2.45, 2.75) is 23.4 Å². The van der Waals surface area contributed by atoms with E-state index in [9.17, 15) is 9.59 Å². The van der Waals surface area contributed by atoms with E-state index in [1.807, 2.05) is 18.2 Å². The lowest BCUT2D eigenvalue weighted by molar-refractivity contribution is -0.120. The number of benzene rings is 1. The molecule has 8 nitrogen and oxygen atoms in total. The quantitative estimate of drug-likeness (QED) is 0.496. The first-order chi connectivity index (χ1) is 14.9. The average molecular weight is 485 g/mol. The average Bonchev–Trinajstić information content (AvgIpc) is 3.18. The van der Waals surface area contributed by atoms with Crippen molar-refractivity contribution in [3.63, 3.8) is 0 Å². The third kappa shape index (κ3) is 7.65. The van der Waals surface area contributed by atoms with Crippen LogP contribution in [-0.4, -0.2) is 66.9 Å². The van der Waals surface area contributed by atoms with Gasteiger partial charge in [0.2, 0.25) is 11.8 Å². The second-order valence-corrected chi connectivity index (χ2v) is 9.53. The summed E-state index contributed by atoms with van der Waals surface area (Å²) in [7, 11) is 1.60. The van der Waals surface area contributed by atoms with Crippen LogP contribution in [0.15, 0.2) is 27.9 Å². The molecule has 11 heteroatoms. The van der Waals surface area contributed by atoms with Crippen LogP contribution in [0, 0.1) is 0 Å². The van der Waals surface area contributed by atoms with Crippen molar-refractivity contribution in [3.8, 4) is 5.75 Å². The van der Waals surface area contributed by atoms with Gasteiger partial charge < -0.3 is 20.5 Å². The molecule has 1 aromatic carbocycles. The fraction of sp³-hybridized carbons (Fsp3) is 0.450. The van der Waals surface area contributed by atoms with Crippen molar-refractivity contribution in [2.75, 3.05) is 39.1 Å². The number of halogens is 1. The molecule has 1 aliphatic rings. The molecular weight excluding hydrogens is 460 g/mol. The Morgan fingerprint density at radius 1 is 1.48 bits per heavy atom. The molecule has 3 N–H and O–H groups in total. The van der Waals surface area contributed by atoms with Gasteiger partial charge in [0.25, 0.3) is 0 Å². The van der Waals surface area contributed by atoms with Crippen LogP contribution in [0.4, 0.5) is 0 Å². The van der Waals surface area contributed by atoms with Crippen LogP contribution in [0.25, 0.3) is 0 Å². The number of nitrogens with one attached hydrogen (secondary N) is 1. The molecule has 3 rings (SSSR count). The number of ether oxygens (including phenoxy) is 2. The number of amides is 2. The summed E-state index contributed by atoms with van der Waals surface area (Å²) in [5.41, 5.74) is 6.90. The van der Waals surface area contributed by atoms with E-state index >= 15 is 0 Å². The van der Waals surface area contributed by atoms with Gasteiger partial charge in [0, 0.05) is 31.6 Å². The molecule has 2 amide bonds. The number of carbonyl (C=O) groups excluding carboxylic acids is 2. The van der Waals surface area contributed by atoms with Crippen LogP contribution in [-0.2, 0) is 27.3 Å². The van der Waals surface area contributed by atoms with Crippen LogP contribution < -0.4 is 15.8 Å². The van der Waals surface area contributed by atoms with Crippen LogP contribution in [0.1, 0.15) is 11.3 Å². The number of hydrogen-bond donors (Lipinski definition) is 2. The molecule has 1 aromatic heterocycles. The Morgan fingerprint density at radius 3 is 3.06 bits per heavy atom. The second kappa shape index (κ2) is 11.7. The lowest BCUT2D eigenvalue weighted by Crippen LogP contribution is -2.47. The van der Waals surface area contributed by atoms with E-state index in [1.54, 1.807) is 12.5 Å². The molecule has 2 aromatic rings. The van der Waals surface area contributed by atoms with Gasteiger partial charge in [0.1, 0.15) is 5.75 Å². The van der Waals surface area contributed by atoms with Crippen LogP contribution in [0.5, 0.6) is 5.75 Å². The zero-order valence-electron chi connectivity index (χ0n) is 17.1. The van der Waals surface area contributed by atoms with E-state index in [0.717, 1.165) is 29.5 Å². The first-order valence-electron chi connectivity index (χ1n) is 9.71. The van der Waals surface area contributed by atoms with Gasteiger partial charge >= 0.3 is 0 Å². The van der Waals surface area contributed by atoms with Gasteiger partial charge in [0.15, 0.2) is 4.34 Å². The zero-order chi connectivity index (χ0) is 22.2. The van der Waals surface area contributed by atoms with Gasteiger partial charge in [-0.2, -0.15) is 0 Å². The Hall–Kier alpha value is -1.85. The van der Waals surface area contributed by atoms with Crippen molar-refractivity contribution < 1.29 is 19.1 Å². The Labute approximate surface area is 194 Å². The Morgan fingerprint density at radius 2 is 2.32 bits per heavy atom. The minimum absolute atomic E-state index is 0.0709. The maximum Gasteiger partial charge on any atom is 0.230 e. The zero-order valence-corrected chi connectivity index (χ0v) is 19.5. The van der Waals surface area contributed by atoms with E-state index in [1.165, 1.54) is 23.1 Å². The number of thiazole rings is 1. The predicted molar refractivity (Wildman–Crippen MR) is 122 cm³/mol. The lowest BCUT2D eigenvalue weighted by atomic mass is 10.1. The molecule has 2 heterocycles. The molecule has 168 valence electrons. The summed E-state index contributed by atoms with van der Waals surface area (Å²) in [6.07, 6.45) is 0.0417. The minimum Gasteiger partial charge on any atom is -0.495 e. The van der Waals surface area contributed by atoms with Crippen molar-refractivity contribution in [1.29, 1.82) is 0 Å². The normalized spacial score (nSPS) is 16.8. The standard InChI is InChI=1S/C20H25ClN4O4S2/c1-28-17-3-2-13(6-16(17)21)9-25-4-5-29-15(10-25)8-23-19(27)12-31-20-24-14(11-30-20)7-18(22)26/h2-3,6,11,15H,4-5,7-10,12H2,1H3,(H2,22,26)(H,23,27)/t15-/m0/s1. The molecule has 0 spiro atoms. The first kappa shape index (κ1) is 23.8. The number of thioether (sulfide) groups is 1. The van der Waals surface area contributed by atoms with E-state index in [4.69, 9.17) is 26.8 Å². The number of morpholine rings is 1. The molecule has 0 unspecified atom stereocenters. The molecule has 1 atom stereocenters. The number of aromatic nitrogens is 1. The predicted octanol–water partition coefficient (Wildman–Crippen LogP) is 1.94. The molecule has 0 bridgehead atoms. The summed E-state index contributed by atoms with van der Waals surface area (Å²) >= 11 is 8.95. The number of carbonyl (C=O) groups is 2. The SMILES string of the molecule is COc1ccc(CN2CCO[C@@H](CNC(=O)CSc3nc(CC(N)=O)cs3)C2)cc1Cl. The van der Waals surface area contributed by atoms with Crippen LogP contribution in [0.2, 0.25) is 5.02 Å². The number of nitrogens with two attached hydrogens (primary N) is 1. The first-order valence-corrected chi connectivity index (χ1v) is 12.0. The second-order valence-electron chi connectivity index (χ2n) is 7.04. The van der Waals surface area contributed by atoms with E-state index < -0.39 is 5.91 Å². The molecule has 1 saturated heterocycles. The maximum atomic E-state index is 12.2. The summed E-state index contributed by atoms with van der Waals surface area (Å²) in [6, 6.07) is 5.78. The summed E-state index contributed by atoms with van der Waals surface area (Å²) in [4.78, 5) is 29.7. The fourth-order valence-corrected chi connectivity index (χ4v) is 5.09. The number of hydrogen-bond acceptors (Lipinski definition) is 8. The van der Waals surface area contributed by atoms with Gasteiger partial charge in [-0.1, -0.05) is 29.4 Å². The highest BCUT2D eigenvalue weighted by Gasteiger charge is 2.21. The van der Waals surface area contributed by atoms with Crippen molar-refractivity contribution in [1.82, 2.24) is 15.2 Å². The van der Waals surface area contributed by atoms with E-state index in [0.29, 0.717) is 29.6 Å². The number of methoxy groups -OCH3 is 1. The smallest absolute Gasteiger partial charge is 0.230 e. The molecule has 1 fully saturated rings. The van der Waals surface area contributed by atoms with Gasteiger partial charge in [0.05, 0.1) is 42.7 Å². The largest absolute Gasteiger partial charge is 0.495 e. The monoisotopic (exact) mass is 484 g/mol. The third-order valence-corrected chi connectivity index (χ3v) is 6.95. The van der Waals surface area contributed by atoms with Crippen molar-refractivity contribution >= 4 is 46.5 Å². The number of rotatable bonds is 10.